The summed E-state index contributed by atoms with van der Waals surface area (Å²) in [5, 5.41) is 13.9. The zero-order chi connectivity index (χ0) is 15.5. The molecule has 1 aromatic heterocycles. The van der Waals surface area contributed by atoms with Crippen molar-refractivity contribution in [3.63, 3.8) is 0 Å². The van der Waals surface area contributed by atoms with Gasteiger partial charge in [0.2, 0.25) is 0 Å². The van der Waals surface area contributed by atoms with Gasteiger partial charge in [0, 0.05) is 16.1 Å². The van der Waals surface area contributed by atoms with Crippen LogP contribution in [0.2, 0.25) is 5.02 Å². The number of halogens is 1. The van der Waals surface area contributed by atoms with E-state index in [-0.39, 0.29) is 11.7 Å². The maximum Gasteiger partial charge on any atom is 0.271 e. The quantitative estimate of drug-likeness (QED) is 0.513. The summed E-state index contributed by atoms with van der Waals surface area (Å²) in [6, 6.07) is 9.65. The van der Waals surface area contributed by atoms with Crippen LogP contribution in [0.1, 0.15) is 15.9 Å². The summed E-state index contributed by atoms with van der Waals surface area (Å²) in [4.78, 5) is 19.0. The fraction of sp³-hybridized carbons (Fsp3) is 0. The molecule has 6 nitrogen and oxygen atoms in total. The smallest absolute Gasteiger partial charge is 0.271 e. The SMILES string of the molecule is O=C(N/N=C/c1cc(Cl)ccc1O)c1ccc2nc[nH]c2c1. The third-order valence-corrected chi connectivity index (χ3v) is 3.28. The number of aromatic nitrogens is 2. The zero-order valence-electron chi connectivity index (χ0n) is 11.2. The molecule has 0 saturated heterocycles. The number of nitrogens with zero attached hydrogens (tertiary/aromatic N) is 2. The molecule has 3 aromatic rings. The Hall–Kier alpha value is -2.86. The van der Waals surface area contributed by atoms with Crippen LogP contribution in [0.15, 0.2) is 47.8 Å². The van der Waals surface area contributed by atoms with E-state index in [0.717, 1.165) is 11.0 Å². The van der Waals surface area contributed by atoms with E-state index in [1.165, 1.54) is 12.3 Å². The van der Waals surface area contributed by atoms with Gasteiger partial charge in [-0.05, 0) is 36.4 Å². The number of phenols is 1. The Kier molecular flexibility index (Phi) is 3.76. The van der Waals surface area contributed by atoms with Crippen LogP contribution < -0.4 is 5.43 Å². The standard InChI is InChI=1S/C15H11ClN4O2/c16-11-2-4-14(21)10(5-11)7-19-20-15(22)9-1-3-12-13(6-9)18-8-17-12/h1-8,21H,(H,17,18)(H,20,22)/b19-7+. The highest BCUT2D eigenvalue weighted by Crippen LogP contribution is 2.19. The first-order valence-electron chi connectivity index (χ1n) is 6.38. The number of hydrogen-bond donors (Lipinski definition) is 3. The number of benzene rings is 2. The number of amides is 1. The summed E-state index contributed by atoms with van der Waals surface area (Å²) in [6.07, 6.45) is 2.89. The summed E-state index contributed by atoms with van der Waals surface area (Å²) < 4.78 is 0. The minimum Gasteiger partial charge on any atom is -0.507 e. The summed E-state index contributed by atoms with van der Waals surface area (Å²) in [7, 11) is 0. The van der Waals surface area contributed by atoms with Crippen LogP contribution in [0.25, 0.3) is 11.0 Å². The van der Waals surface area contributed by atoms with E-state index in [4.69, 9.17) is 11.6 Å². The molecule has 110 valence electrons. The number of H-pyrrole nitrogens is 1. The molecule has 0 fully saturated rings. The molecule has 1 heterocycles. The fourth-order valence-corrected chi connectivity index (χ4v) is 2.11. The molecule has 0 saturated carbocycles. The maximum absolute atomic E-state index is 12.0. The number of hydrogen-bond acceptors (Lipinski definition) is 4. The van der Waals surface area contributed by atoms with Gasteiger partial charge in [0.05, 0.1) is 23.6 Å². The normalized spacial score (nSPS) is 11.1. The molecule has 22 heavy (non-hydrogen) atoms. The second kappa shape index (κ2) is 5.87. The molecule has 3 N–H and O–H groups in total. The summed E-state index contributed by atoms with van der Waals surface area (Å²) in [5.41, 5.74) is 4.80. The second-order valence-corrected chi connectivity index (χ2v) is 4.97. The van der Waals surface area contributed by atoms with Crippen molar-refractivity contribution in [1.82, 2.24) is 15.4 Å². The summed E-state index contributed by atoms with van der Waals surface area (Å²) in [5.74, 6) is -0.337. The van der Waals surface area contributed by atoms with Crippen molar-refractivity contribution in [2.45, 2.75) is 0 Å². The van der Waals surface area contributed by atoms with E-state index in [2.05, 4.69) is 20.5 Å². The molecule has 0 aliphatic rings. The second-order valence-electron chi connectivity index (χ2n) is 4.54. The molecular formula is C15H11ClN4O2. The van der Waals surface area contributed by atoms with Crippen LogP contribution in [0.3, 0.4) is 0 Å². The van der Waals surface area contributed by atoms with Gasteiger partial charge in [0.15, 0.2) is 0 Å². The van der Waals surface area contributed by atoms with Gasteiger partial charge < -0.3 is 10.1 Å². The Balaban J connectivity index is 1.73. The summed E-state index contributed by atoms with van der Waals surface area (Å²) >= 11 is 5.83. The van der Waals surface area contributed by atoms with Gasteiger partial charge in [0.25, 0.3) is 5.91 Å². The minimum atomic E-state index is -0.366. The van der Waals surface area contributed by atoms with Gasteiger partial charge in [-0.3, -0.25) is 4.79 Å². The highest BCUT2D eigenvalue weighted by Gasteiger charge is 2.06. The van der Waals surface area contributed by atoms with E-state index >= 15 is 0 Å². The zero-order valence-corrected chi connectivity index (χ0v) is 12.0. The van der Waals surface area contributed by atoms with Crippen LogP contribution >= 0.6 is 11.6 Å². The number of hydrazone groups is 1. The van der Waals surface area contributed by atoms with Crippen LogP contribution in [0.4, 0.5) is 0 Å². The van der Waals surface area contributed by atoms with Crippen molar-refractivity contribution in [3.8, 4) is 5.75 Å². The molecule has 0 aliphatic carbocycles. The van der Waals surface area contributed by atoms with E-state index in [1.54, 1.807) is 36.7 Å². The number of phenolic OH excluding ortho intramolecular Hbond substituents is 1. The van der Waals surface area contributed by atoms with Crippen molar-refractivity contribution in [2.75, 3.05) is 0 Å². The molecule has 0 spiro atoms. The third kappa shape index (κ3) is 2.91. The largest absolute Gasteiger partial charge is 0.507 e. The van der Waals surface area contributed by atoms with Crippen LogP contribution in [0.5, 0.6) is 5.75 Å². The van der Waals surface area contributed by atoms with Gasteiger partial charge in [-0.2, -0.15) is 5.10 Å². The number of fused-ring (bicyclic) bond motifs is 1. The van der Waals surface area contributed by atoms with Crippen molar-refractivity contribution in [3.05, 3.63) is 58.9 Å². The number of aromatic hydroxyl groups is 1. The number of carbonyl (C=O) groups excluding carboxylic acids is 1. The van der Waals surface area contributed by atoms with E-state index in [9.17, 15) is 9.90 Å². The molecule has 0 aliphatic heterocycles. The minimum absolute atomic E-state index is 0.0290. The van der Waals surface area contributed by atoms with E-state index in [1.807, 2.05) is 0 Å². The molecule has 7 heteroatoms. The van der Waals surface area contributed by atoms with Gasteiger partial charge in [-0.25, -0.2) is 10.4 Å². The molecule has 0 unspecified atom stereocenters. The highest BCUT2D eigenvalue weighted by atomic mass is 35.5. The molecule has 3 rings (SSSR count). The van der Waals surface area contributed by atoms with Gasteiger partial charge in [-0.1, -0.05) is 11.6 Å². The van der Waals surface area contributed by atoms with Crippen LogP contribution in [-0.2, 0) is 0 Å². The topological polar surface area (TPSA) is 90.4 Å². The number of rotatable bonds is 3. The first kappa shape index (κ1) is 14.1. The highest BCUT2D eigenvalue weighted by molar-refractivity contribution is 6.30. The monoisotopic (exact) mass is 314 g/mol. The van der Waals surface area contributed by atoms with Gasteiger partial charge in [-0.15, -0.1) is 0 Å². The Morgan fingerprint density at radius 2 is 2.18 bits per heavy atom. The lowest BCUT2D eigenvalue weighted by Crippen LogP contribution is -2.17. The fourth-order valence-electron chi connectivity index (χ4n) is 1.93. The van der Waals surface area contributed by atoms with Crippen molar-refractivity contribution in [2.24, 2.45) is 5.10 Å². The first-order chi connectivity index (χ1) is 10.6. The number of imidazole rings is 1. The average Bonchev–Trinajstić information content (AvgIpc) is 2.98. The molecule has 0 atom stereocenters. The predicted molar refractivity (Wildman–Crippen MR) is 84.3 cm³/mol. The maximum atomic E-state index is 12.0. The molecule has 1 amide bonds. The molecule has 2 aromatic carbocycles. The van der Waals surface area contributed by atoms with Crippen molar-refractivity contribution < 1.29 is 9.90 Å². The lowest BCUT2D eigenvalue weighted by Gasteiger charge is -2.01. The van der Waals surface area contributed by atoms with Crippen LogP contribution in [-0.4, -0.2) is 27.2 Å². The summed E-state index contributed by atoms with van der Waals surface area (Å²) in [6.45, 7) is 0. The van der Waals surface area contributed by atoms with Crippen molar-refractivity contribution in [1.29, 1.82) is 0 Å². The van der Waals surface area contributed by atoms with Gasteiger partial charge in [0.1, 0.15) is 5.75 Å². The Bertz CT molecular complexity index is 873. The average molecular weight is 315 g/mol. The first-order valence-corrected chi connectivity index (χ1v) is 6.76. The lowest BCUT2D eigenvalue weighted by atomic mass is 10.2. The van der Waals surface area contributed by atoms with Crippen molar-refractivity contribution >= 4 is 34.8 Å². The van der Waals surface area contributed by atoms with Gasteiger partial charge >= 0.3 is 0 Å². The van der Waals surface area contributed by atoms with E-state index in [0.29, 0.717) is 16.1 Å². The predicted octanol–water partition coefficient (Wildman–Crippen LogP) is 2.69. The lowest BCUT2D eigenvalue weighted by molar-refractivity contribution is 0.0955. The Morgan fingerprint density at radius 1 is 1.32 bits per heavy atom. The number of nitrogens with one attached hydrogen (secondary N) is 2. The molecular weight excluding hydrogens is 304 g/mol. The Labute approximate surface area is 130 Å². The third-order valence-electron chi connectivity index (χ3n) is 3.04. The van der Waals surface area contributed by atoms with Crippen LogP contribution in [0, 0.1) is 0 Å². The number of carbonyl (C=O) groups is 1. The molecule has 0 radical (unpaired) electrons. The Morgan fingerprint density at radius 3 is 3.05 bits per heavy atom. The molecule has 0 bridgehead atoms. The van der Waals surface area contributed by atoms with E-state index < -0.39 is 0 Å². The number of aromatic amines is 1.